The molecule has 3 aromatic rings. The lowest BCUT2D eigenvalue weighted by molar-refractivity contribution is 0.0951. The molecule has 0 bridgehead atoms. The number of nitrogens with one attached hydrogen (secondary N) is 2. The van der Waals surface area contributed by atoms with Crippen molar-refractivity contribution in [3.8, 4) is 5.75 Å². The SMILES string of the molecule is COc1ccc(CNC(=O)c2ccnc(C(=O)Nc3cccc(C)c3)c2)cc1. The Hall–Kier alpha value is -3.67. The summed E-state index contributed by atoms with van der Waals surface area (Å²) in [5.74, 6) is 0.117. The van der Waals surface area contributed by atoms with Gasteiger partial charge in [0.15, 0.2) is 0 Å². The van der Waals surface area contributed by atoms with Crippen molar-refractivity contribution >= 4 is 17.5 Å². The predicted molar refractivity (Wildman–Crippen MR) is 108 cm³/mol. The quantitative estimate of drug-likeness (QED) is 0.690. The average molecular weight is 375 g/mol. The van der Waals surface area contributed by atoms with Crippen LogP contribution in [0, 0.1) is 6.92 Å². The largest absolute Gasteiger partial charge is 0.497 e. The Kier molecular flexibility index (Phi) is 6.01. The van der Waals surface area contributed by atoms with Crippen molar-refractivity contribution < 1.29 is 14.3 Å². The molecule has 0 radical (unpaired) electrons. The lowest BCUT2D eigenvalue weighted by Gasteiger charge is -2.08. The molecule has 28 heavy (non-hydrogen) atoms. The maximum Gasteiger partial charge on any atom is 0.274 e. The zero-order valence-corrected chi connectivity index (χ0v) is 15.7. The number of ether oxygens (including phenoxy) is 1. The van der Waals surface area contributed by atoms with Crippen LogP contribution in [0.3, 0.4) is 0 Å². The second-order valence-corrected chi connectivity index (χ2v) is 6.28. The molecule has 0 aliphatic carbocycles. The summed E-state index contributed by atoms with van der Waals surface area (Å²) < 4.78 is 5.12. The van der Waals surface area contributed by atoms with Gasteiger partial charge in [0.05, 0.1) is 7.11 Å². The standard InChI is InChI=1S/C22H21N3O3/c1-15-4-3-5-18(12-15)25-22(27)20-13-17(10-11-23-20)21(26)24-14-16-6-8-19(28-2)9-7-16/h3-13H,14H2,1-2H3,(H,24,26)(H,25,27). The van der Waals surface area contributed by atoms with E-state index in [0.717, 1.165) is 16.9 Å². The third-order valence-corrected chi connectivity index (χ3v) is 4.14. The fourth-order valence-electron chi connectivity index (χ4n) is 2.64. The molecule has 3 rings (SSSR count). The lowest BCUT2D eigenvalue weighted by atomic mass is 10.1. The van der Waals surface area contributed by atoms with Gasteiger partial charge in [-0.15, -0.1) is 0 Å². The third-order valence-electron chi connectivity index (χ3n) is 4.14. The van der Waals surface area contributed by atoms with E-state index in [4.69, 9.17) is 4.74 Å². The molecule has 0 aliphatic rings. The van der Waals surface area contributed by atoms with Gasteiger partial charge in [-0.25, -0.2) is 0 Å². The van der Waals surface area contributed by atoms with Gasteiger partial charge in [0.1, 0.15) is 11.4 Å². The molecular formula is C22H21N3O3. The first kappa shape index (κ1) is 19.1. The van der Waals surface area contributed by atoms with E-state index in [-0.39, 0.29) is 17.5 Å². The van der Waals surface area contributed by atoms with Gasteiger partial charge < -0.3 is 15.4 Å². The van der Waals surface area contributed by atoms with Gasteiger partial charge in [0.2, 0.25) is 0 Å². The summed E-state index contributed by atoms with van der Waals surface area (Å²) in [6.45, 7) is 2.32. The normalized spacial score (nSPS) is 10.2. The minimum Gasteiger partial charge on any atom is -0.497 e. The number of benzene rings is 2. The van der Waals surface area contributed by atoms with Crippen LogP contribution >= 0.6 is 0 Å². The zero-order valence-electron chi connectivity index (χ0n) is 15.7. The summed E-state index contributed by atoms with van der Waals surface area (Å²) in [6.07, 6.45) is 1.45. The van der Waals surface area contributed by atoms with Gasteiger partial charge in [-0.3, -0.25) is 14.6 Å². The number of pyridine rings is 1. The van der Waals surface area contributed by atoms with Crippen LogP contribution in [-0.2, 0) is 6.54 Å². The molecule has 2 aromatic carbocycles. The number of carbonyl (C=O) groups excluding carboxylic acids is 2. The zero-order chi connectivity index (χ0) is 19.9. The van der Waals surface area contributed by atoms with Gasteiger partial charge in [0.25, 0.3) is 11.8 Å². The Morgan fingerprint density at radius 3 is 2.50 bits per heavy atom. The number of rotatable bonds is 6. The minimum absolute atomic E-state index is 0.179. The van der Waals surface area contributed by atoms with E-state index in [1.54, 1.807) is 19.2 Å². The number of anilines is 1. The van der Waals surface area contributed by atoms with Gasteiger partial charge in [0, 0.05) is 24.0 Å². The van der Waals surface area contributed by atoms with Crippen LogP contribution in [0.4, 0.5) is 5.69 Å². The molecule has 0 fully saturated rings. The van der Waals surface area contributed by atoms with E-state index < -0.39 is 0 Å². The smallest absolute Gasteiger partial charge is 0.274 e. The van der Waals surface area contributed by atoms with Crippen molar-refractivity contribution in [2.45, 2.75) is 13.5 Å². The molecule has 2 amide bonds. The van der Waals surface area contributed by atoms with Gasteiger partial charge in [-0.05, 0) is 54.4 Å². The number of nitrogens with zero attached hydrogens (tertiary/aromatic N) is 1. The number of amides is 2. The van der Waals surface area contributed by atoms with Crippen LogP contribution in [0.15, 0.2) is 66.9 Å². The summed E-state index contributed by atoms with van der Waals surface area (Å²) in [6, 6.07) is 18.0. The number of aromatic nitrogens is 1. The lowest BCUT2D eigenvalue weighted by Crippen LogP contribution is -2.23. The molecule has 6 heteroatoms. The predicted octanol–water partition coefficient (Wildman–Crippen LogP) is 3.58. The van der Waals surface area contributed by atoms with E-state index in [9.17, 15) is 9.59 Å². The number of methoxy groups -OCH3 is 1. The molecule has 0 aliphatic heterocycles. The van der Waals surface area contributed by atoms with Crippen molar-refractivity contribution in [3.63, 3.8) is 0 Å². The van der Waals surface area contributed by atoms with Crippen molar-refractivity contribution in [2.75, 3.05) is 12.4 Å². The monoisotopic (exact) mass is 375 g/mol. The Morgan fingerprint density at radius 1 is 1.00 bits per heavy atom. The summed E-state index contributed by atoms with van der Waals surface area (Å²) in [5.41, 5.74) is 3.22. The average Bonchev–Trinajstić information content (AvgIpc) is 2.72. The Balaban J connectivity index is 1.64. The number of hydrogen-bond acceptors (Lipinski definition) is 4. The molecule has 0 saturated heterocycles. The van der Waals surface area contributed by atoms with E-state index in [1.165, 1.54) is 12.3 Å². The van der Waals surface area contributed by atoms with Crippen molar-refractivity contribution in [2.24, 2.45) is 0 Å². The molecule has 142 valence electrons. The van der Waals surface area contributed by atoms with Crippen LogP contribution in [0.1, 0.15) is 32.0 Å². The molecule has 0 saturated carbocycles. The van der Waals surface area contributed by atoms with Crippen LogP contribution in [0.25, 0.3) is 0 Å². The molecule has 2 N–H and O–H groups in total. The highest BCUT2D eigenvalue weighted by atomic mass is 16.5. The van der Waals surface area contributed by atoms with E-state index in [1.807, 2.05) is 49.4 Å². The fraction of sp³-hybridized carbons (Fsp3) is 0.136. The molecule has 0 atom stereocenters. The molecule has 0 unspecified atom stereocenters. The van der Waals surface area contributed by atoms with Crippen LogP contribution in [-0.4, -0.2) is 23.9 Å². The van der Waals surface area contributed by atoms with Crippen molar-refractivity contribution in [3.05, 3.63) is 89.2 Å². The third kappa shape index (κ3) is 4.94. The maximum absolute atomic E-state index is 12.4. The van der Waals surface area contributed by atoms with Gasteiger partial charge >= 0.3 is 0 Å². The van der Waals surface area contributed by atoms with Gasteiger partial charge in [-0.1, -0.05) is 24.3 Å². The Bertz CT molecular complexity index is 984. The highest BCUT2D eigenvalue weighted by molar-refractivity contribution is 6.04. The van der Waals surface area contributed by atoms with Crippen LogP contribution < -0.4 is 15.4 Å². The Labute approximate surface area is 163 Å². The summed E-state index contributed by atoms with van der Waals surface area (Å²) in [5, 5.41) is 5.63. The van der Waals surface area contributed by atoms with E-state index in [2.05, 4.69) is 15.6 Å². The van der Waals surface area contributed by atoms with Crippen molar-refractivity contribution in [1.29, 1.82) is 0 Å². The Morgan fingerprint density at radius 2 is 1.79 bits per heavy atom. The van der Waals surface area contributed by atoms with Gasteiger partial charge in [-0.2, -0.15) is 0 Å². The topological polar surface area (TPSA) is 80.3 Å². The summed E-state index contributed by atoms with van der Waals surface area (Å²) in [4.78, 5) is 28.9. The summed E-state index contributed by atoms with van der Waals surface area (Å²) >= 11 is 0. The highest BCUT2D eigenvalue weighted by Gasteiger charge is 2.12. The summed E-state index contributed by atoms with van der Waals surface area (Å²) in [7, 11) is 1.60. The highest BCUT2D eigenvalue weighted by Crippen LogP contribution is 2.13. The molecule has 0 spiro atoms. The van der Waals surface area contributed by atoms with Crippen molar-refractivity contribution in [1.82, 2.24) is 10.3 Å². The number of hydrogen-bond donors (Lipinski definition) is 2. The molecule has 1 aromatic heterocycles. The first-order chi connectivity index (χ1) is 13.5. The van der Waals surface area contributed by atoms with Crippen LogP contribution in [0.2, 0.25) is 0 Å². The first-order valence-corrected chi connectivity index (χ1v) is 8.80. The number of carbonyl (C=O) groups is 2. The minimum atomic E-state index is -0.365. The van der Waals surface area contributed by atoms with E-state index >= 15 is 0 Å². The molecular weight excluding hydrogens is 354 g/mol. The van der Waals surface area contributed by atoms with Crippen LogP contribution in [0.5, 0.6) is 5.75 Å². The fourth-order valence-corrected chi connectivity index (χ4v) is 2.64. The molecule has 6 nitrogen and oxygen atoms in total. The molecule has 1 heterocycles. The second-order valence-electron chi connectivity index (χ2n) is 6.28. The number of aryl methyl sites for hydroxylation is 1. The second kappa shape index (κ2) is 8.81. The maximum atomic E-state index is 12.4. The van der Waals surface area contributed by atoms with E-state index in [0.29, 0.717) is 17.8 Å². The first-order valence-electron chi connectivity index (χ1n) is 8.80.